The molecule has 15 heavy (non-hydrogen) atoms. The van der Waals surface area contributed by atoms with Crippen molar-refractivity contribution in [3.05, 3.63) is 33.8 Å². The van der Waals surface area contributed by atoms with Crippen LogP contribution in [-0.2, 0) is 0 Å². The van der Waals surface area contributed by atoms with Crippen molar-refractivity contribution < 1.29 is 4.79 Å². The van der Waals surface area contributed by atoms with Gasteiger partial charge in [0.05, 0.1) is 15.6 Å². The monoisotopic (exact) mass is 219 g/mol. The number of aryl methyl sites for hydroxylation is 1. The maximum absolute atomic E-state index is 11.4. The van der Waals surface area contributed by atoms with Gasteiger partial charge < -0.3 is 0 Å². The van der Waals surface area contributed by atoms with Crippen LogP contribution in [0, 0.1) is 6.92 Å². The lowest BCUT2D eigenvalue weighted by molar-refractivity contribution is 0.102. The summed E-state index contributed by atoms with van der Waals surface area (Å²) in [4.78, 5) is 16.7. The van der Waals surface area contributed by atoms with Crippen molar-refractivity contribution >= 4 is 22.7 Å². The maximum atomic E-state index is 11.4. The van der Waals surface area contributed by atoms with Crippen LogP contribution in [0.15, 0.2) is 18.2 Å². The molecule has 0 spiro atoms. The van der Waals surface area contributed by atoms with Crippen molar-refractivity contribution in [1.29, 1.82) is 0 Å². The smallest absolute Gasteiger partial charge is 0.171 e. The molecule has 1 aromatic rings. The Morgan fingerprint density at radius 2 is 2.33 bits per heavy atom. The van der Waals surface area contributed by atoms with Gasteiger partial charge >= 0.3 is 0 Å². The summed E-state index contributed by atoms with van der Waals surface area (Å²) in [5.41, 5.74) is 2.08. The first-order valence-corrected chi connectivity index (χ1v) is 5.84. The Morgan fingerprint density at radius 1 is 1.53 bits per heavy atom. The van der Waals surface area contributed by atoms with Crippen LogP contribution in [0.5, 0.6) is 0 Å². The van der Waals surface area contributed by atoms with Crippen LogP contribution in [-0.4, -0.2) is 10.8 Å². The van der Waals surface area contributed by atoms with Gasteiger partial charge in [-0.3, -0.25) is 4.79 Å². The van der Waals surface area contributed by atoms with E-state index in [-0.39, 0.29) is 5.78 Å². The van der Waals surface area contributed by atoms with Crippen molar-refractivity contribution in [2.45, 2.75) is 26.7 Å². The number of aromatic nitrogens is 1. The second-order valence-electron chi connectivity index (χ2n) is 3.63. The molecule has 1 heterocycles. The first-order valence-electron chi connectivity index (χ1n) is 5.03. The molecule has 0 atom stereocenters. The summed E-state index contributed by atoms with van der Waals surface area (Å²) in [6, 6.07) is 0. The fourth-order valence-corrected chi connectivity index (χ4v) is 2.53. The van der Waals surface area contributed by atoms with Crippen LogP contribution in [0.25, 0.3) is 5.57 Å². The fourth-order valence-electron chi connectivity index (χ4n) is 1.68. The van der Waals surface area contributed by atoms with Crippen LogP contribution < -0.4 is 0 Å². The summed E-state index contributed by atoms with van der Waals surface area (Å²) < 4.78 is 0. The van der Waals surface area contributed by atoms with E-state index in [9.17, 15) is 4.79 Å². The molecule has 1 aliphatic carbocycles. The largest absolute Gasteiger partial charge is 0.294 e. The molecule has 0 radical (unpaired) electrons. The Morgan fingerprint density at radius 3 is 2.93 bits per heavy atom. The highest BCUT2D eigenvalue weighted by Gasteiger charge is 2.16. The van der Waals surface area contributed by atoms with Crippen LogP contribution in [0.1, 0.15) is 40.1 Å². The Bertz CT molecular complexity index is 454. The zero-order chi connectivity index (χ0) is 10.8. The molecular formula is C12H13NOS. The third-order valence-electron chi connectivity index (χ3n) is 2.37. The zero-order valence-electron chi connectivity index (χ0n) is 8.91. The second kappa shape index (κ2) is 4.11. The number of ketones is 1. The van der Waals surface area contributed by atoms with E-state index in [2.05, 4.69) is 17.1 Å². The van der Waals surface area contributed by atoms with Gasteiger partial charge in [-0.15, -0.1) is 11.3 Å². The number of Topliss-reactive ketones (excluding diaryl/α,β-unsaturated/α-hetero) is 1. The molecule has 0 aromatic carbocycles. The molecule has 3 heteroatoms. The van der Waals surface area contributed by atoms with Crippen molar-refractivity contribution in [3.8, 4) is 0 Å². The summed E-state index contributed by atoms with van der Waals surface area (Å²) in [5.74, 6) is 0.117. The highest BCUT2D eigenvalue weighted by atomic mass is 32.1. The predicted molar refractivity (Wildman–Crippen MR) is 63.2 cm³/mol. The number of nitrogens with zero attached hydrogens (tertiary/aromatic N) is 1. The van der Waals surface area contributed by atoms with Crippen molar-refractivity contribution in [3.63, 3.8) is 0 Å². The lowest BCUT2D eigenvalue weighted by Gasteiger charge is -2.07. The number of carbonyl (C=O) groups is 1. The third-order valence-corrected chi connectivity index (χ3v) is 3.44. The van der Waals surface area contributed by atoms with Gasteiger partial charge in [-0.2, -0.15) is 0 Å². The molecule has 0 bridgehead atoms. The lowest BCUT2D eigenvalue weighted by atomic mass is 10.0. The Hall–Kier alpha value is -1.22. The van der Waals surface area contributed by atoms with E-state index in [4.69, 9.17) is 0 Å². The molecule has 0 aliphatic heterocycles. The van der Waals surface area contributed by atoms with Crippen LogP contribution >= 0.6 is 11.3 Å². The summed E-state index contributed by atoms with van der Waals surface area (Å²) in [5, 5.41) is 0.964. The number of hydrogen-bond acceptors (Lipinski definition) is 3. The Balaban J connectivity index is 2.46. The minimum Gasteiger partial charge on any atom is -0.294 e. The van der Waals surface area contributed by atoms with Crippen molar-refractivity contribution in [2.24, 2.45) is 0 Å². The number of rotatable bonds is 2. The van der Waals surface area contributed by atoms with Gasteiger partial charge in [0.1, 0.15) is 0 Å². The topological polar surface area (TPSA) is 30.0 Å². The molecular weight excluding hydrogens is 206 g/mol. The molecule has 2 nitrogen and oxygen atoms in total. The van der Waals surface area contributed by atoms with Crippen LogP contribution in [0.2, 0.25) is 0 Å². The molecule has 0 saturated carbocycles. The second-order valence-corrected chi connectivity index (χ2v) is 4.83. The maximum Gasteiger partial charge on any atom is 0.171 e. The number of hydrogen-bond donors (Lipinski definition) is 0. The van der Waals surface area contributed by atoms with E-state index in [0.717, 1.165) is 28.4 Å². The number of thiazole rings is 1. The van der Waals surface area contributed by atoms with Gasteiger partial charge in [-0.05, 0) is 25.3 Å². The van der Waals surface area contributed by atoms with E-state index in [1.54, 1.807) is 6.92 Å². The quantitative estimate of drug-likeness (QED) is 0.714. The summed E-state index contributed by atoms with van der Waals surface area (Å²) >= 11 is 1.49. The molecule has 1 aliphatic rings. The molecule has 1 aromatic heterocycles. The zero-order valence-corrected chi connectivity index (χ0v) is 9.73. The lowest BCUT2D eigenvalue weighted by Crippen LogP contribution is -1.97. The van der Waals surface area contributed by atoms with Crippen molar-refractivity contribution in [2.75, 3.05) is 0 Å². The number of allylic oxidation sites excluding steroid dienone is 4. The van der Waals surface area contributed by atoms with Gasteiger partial charge in [0.2, 0.25) is 0 Å². The molecule has 0 saturated heterocycles. The van der Waals surface area contributed by atoms with Crippen molar-refractivity contribution in [1.82, 2.24) is 4.98 Å². The van der Waals surface area contributed by atoms with Gasteiger partial charge in [0.25, 0.3) is 0 Å². The van der Waals surface area contributed by atoms with E-state index in [1.165, 1.54) is 16.9 Å². The molecule has 0 unspecified atom stereocenters. The first kappa shape index (κ1) is 10.3. The third kappa shape index (κ3) is 2.07. The highest BCUT2D eigenvalue weighted by molar-refractivity contribution is 7.13. The highest BCUT2D eigenvalue weighted by Crippen LogP contribution is 2.29. The normalized spacial score (nSPS) is 15.2. The average molecular weight is 219 g/mol. The summed E-state index contributed by atoms with van der Waals surface area (Å²) in [6.07, 6.45) is 8.26. The SMILES string of the molecule is CC(=O)c1sc(C)nc1C1=CC=CCC1. The standard InChI is InChI=1S/C12H13NOS/c1-8(14)12-11(13-9(2)15-12)10-6-4-3-5-7-10/h3-4,6H,5,7H2,1-2H3. The fraction of sp³-hybridized carbons (Fsp3) is 0.333. The molecule has 0 amide bonds. The summed E-state index contributed by atoms with van der Waals surface area (Å²) in [6.45, 7) is 3.55. The molecule has 0 fully saturated rings. The molecule has 78 valence electrons. The van der Waals surface area contributed by atoms with Gasteiger partial charge in [-0.1, -0.05) is 18.2 Å². The average Bonchev–Trinajstić information content (AvgIpc) is 2.62. The van der Waals surface area contributed by atoms with Gasteiger partial charge in [0, 0.05) is 6.92 Å². The Labute approximate surface area is 93.4 Å². The minimum absolute atomic E-state index is 0.117. The van der Waals surface area contributed by atoms with E-state index >= 15 is 0 Å². The van der Waals surface area contributed by atoms with Gasteiger partial charge in [0.15, 0.2) is 5.78 Å². The van der Waals surface area contributed by atoms with Gasteiger partial charge in [-0.25, -0.2) is 4.98 Å². The molecule has 2 rings (SSSR count). The predicted octanol–water partition coefficient (Wildman–Crippen LogP) is 3.39. The first-order chi connectivity index (χ1) is 7.18. The van der Waals surface area contributed by atoms with Crippen LogP contribution in [0.4, 0.5) is 0 Å². The van der Waals surface area contributed by atoms with Crippen LogP contribution in [0.3, 0.4) is 0 Å². The van der Waals surface area contributed by atoms with E-state index in [1.807, 2.05) is 13.0 Å². The van der Waals surface area contributed by atoms with E-state index in [0.29, 0.717) is 0 Å². The van der Waals surface area contributed by atoms with E-state index < -0.39 is 0 Å². The Kier molecular flexibility index (Phi) is 2.82. The summed E-state index contributed by atoms with van der Waals surface area (Å²) in [7, 11) is 0. The minimum atomic E-state index is 0.117. The molecule has 0 N–H and O–H groups in total. The number of carbonyl (C=O) groups excluding carboxylic acids is 1.